The van der Waals surface area contributed by atoms with E-state index in [0.29, 0.717) is 12.6 Å². The van der Waals surface area contributed by atoms with Gasteiger partial charge in [-0.3, -0.25) is 9.69 Å². The Kier molecular flexibility index (Phi) is 6.31. The summed E-state index contributed by atoms with van der Waals surface area (Å²) in [4.78, 5) is 14.5. The van der Waals surface area contributed by atoms with E-state index >= 15 is 0 Å². The first-order valence-corrected chi connectivity index (χ1v) is 9.47. The van der Waals surface area contributed by atoms with Crippen molar-refractivity contribution >= 4 is 58.0 Å². The van der Waals surface area contributed by atoms with Gasteiger partial charge in [0.2, 0.25) is 5.91 Å². The Morgan fingerprint density at radius 3 is 2.19 bits per heavy atom. The van der Waals surface area contributed by atoms with Gasteiger partial charge < -0.3 is 5.32 Å². The predicted molar refractivity (Wildman–Crippen MR) is 105 cm³/mol. The van der Waals surface area contributed by atoms with Gasteiger partial charge in [0.05, 0.1) is 32.3 Å². The van der Waals surface area contributed by atoms with Crippen molar-refractivity contribution in [3.63, 3.8) is 0 Å². The zero-order valence-electron chi connectivity index (χ0n) is 13.5. The first-order valence-electron chi connectivity index (χ1n) is 7.96. The number of anilines is 1. The lowest BCUT2D eigenvalue weighted by atomic mass is 10.2. The van der Waals surface area contributed by atoms with Crippen molar-refractivity contribution in [2.75, 3.05) is 11.9 Å². The van der Waals surface area contributed by atoms with Crippen LogP contribution in [0.5, 0.6) is 0 Å². The molecule has 0 aromatic heterocycles. The van der Waals surface area contributed by atoms with Crippen LogP contribution in [-0.2, 0) is 11.3 Å². The van der Waals surface area contributed by atoms with Crippen LogP contribution in [0.25, 0.3) is 0 Å². The monoisotopic (exact) mass is 434 g/mol. The molecule has 1 fully saturated rings. The van der Waals surface area contributed by atoms with E-state index in [4.69, 9.17) is 46.4 Å². The summed E-state index contributed by atoms with van der Waals surface area (Å²) in [5, 5.41) is 3.40. The third kappa shape index (κ3) is 4.81. The summed E-state index contributed by atoms with van der Waals surface area (Å²) >= 11 is 24.3. The molecule has 0 radical (unpaired) electrons. The maximum atomic E-state index is 13.1. The first kappa shape index (κ1) is 19.7. The van der Waals surface area contributed by atoms with Crippen molar-refractivity contribution in [3.05, 3.63) is 61.8 Å². The molecule has 26 heavy (non-hydrogen) atoms. The van der Waals surface area contributed by atoms with Crippen molar-refractivity contribution in [1.82, 2.24) is 4.90 Å². The second kappa shape index (κ2) is 8.32. The molecule has 1 amide bonds. The molecule has 1 saturated carbocycles. The van der Waals surface area contributed by atoms with Crippen LogP contribution in [-0.4, -0.2) is 23.4 Å². The number of carbonyl (C=O) groups excluding carboxylic acids is 1. The largest absolute Gasteiger partial charge is 0.322 e. The molecular weight excluding hydrogens is 421 g/mol. The third-order valence-corrected chi connectivity index (χ3v) is 5.66. The summed E-state index contributed by atoms with van der Waals surface area (Å²) < 4.78 is 13.1. The van der Waals surface area contributed by atoms with Gasteiger partial charge in [0.1, 0.15) is 5.82 Å². The highest BCUT2D eigenvalue weighted by Gasteiger charge is 2.30. The maximum absolute atomic E-state index is 13.1. The fourth-order valence-electron chi connectivity index (χ4n) is 2.62. The van der Waals surface area contributed by atoms with Gasteiger partial charge in [0.25, 0.3) is 0 Å². The van der Waals surface area contributed by atoms with E-state index in [1.165, 1.54) is 18.2 Å². The Balaban J connectivity index is 1.70. The topological polar surface area (TPSA) is 32.3 Å². The van der Waals surface area contributed by atoms with Crippen LogP contribution in [0.15, 0.2) is 30.3 Å². The summed E-state index contributed by atoms with van der Waals surface area (Å²) in [5.41, 5.74) is 1.14. The zero-order chi connectivity index (χ0) is 18.8. The summed E-state index contributed by atoms with van der Waals surface area (Å²) in [6, 6.07) is 8.01. The molecule has 0 bridgehead atoms. The smallest absolute Gasteiger partial charge is 0.238 e. The zero-order valence-corrected chi connectivity index (χ0v) is 16.6. The lowest BCUT2D eigenvalue weighted by Gasteiger charge is -2.22. The highest BCUT2D eigenvalue weighted by Crippen LogP contribution is 2.41. The number of carbonyl (C=O) groups is 1. The minimum atomic E-state index is -0.286. The molecule has 138 valence electrons. The van der Waals surface area contributed by atoms with Gasteiger partial charge in [-0.1, -0.05) is 58.5 Å². The van der Waals surface area contributed by atoms with E-state index in [0.717, 1.165) is 18.4 Å². The van der Waals surface area contributed by atoms with Gasteiger partial charge in [-0.15, -0.1) is 0 Å². The van der Waals surface area contributed by atoms with E-state index in [1.807, 2.05) is 4.90 Å². The number of nitrogens with zero attached hydrogens (tertiary/aromatic N) is 1. The van der Waals surface area contributed by atoms with Crippen LogP contribution in [0, 0.1) is 5.82 Å². The Bertz CT molecular complexity index is 799. The molecule has 0 heterocycles. The summed E-state index contributed by atoms with van der Waals surface area (Å²) in [6.07, 6.45) is 2.05. The summed E-state index contributed by atoms with van der Waals surface area (Å²) in [7, 11) is 0. The fraction of sp³-hybridized carbons (Fsp3) is 0.278. The highest BCUT2D eigenvalue weighted by atomic mass is 35.5. The van der Waals surface area contributed by atoms with Crippen LogP contribution < -0.4 is 5.32 Å². The lowest BCUT2D eigenvalue weighted by Crippen LogP contribution is -2.34. The molecule has 2 aromatic carbocycles. The second-order valence-electron chi connectivity index (χ2n) is 6.15. The molecule has 8 heteroatoms. The number of benzene rings is 2. The molecule has 1 aliphatic rings. The van der Waals surface area contributed by atoms with E-state index in [2.05, 4.69) is 5.32 Å². The van der Waals surface area contributed by atoms with E-state index in [9.17, 15) is 9.18 Å². The lowest BCUT2D eigenvalue weighted by molar-refractivity contribution is -0.117. The van der Waals surface area contributed by atoms with Crippen molar-refractivity contribution in [3.8, 4) is 0 Å². The minimum absolute atomic E-state index is 0.144. The average Bonchev–Trinajstić information content (AvgIpc) is 3.43. The molecule has 0 atom stereocenters. The number of hydrogen-bond acceptors (Lipinski definition) is 2. The van der Waals surface area contributed by atoms with Crippen molar-refractivity contribution in [2.24, 2.45) is 0 Å². The van der Waals surface area contributed by atoms with Gasteiger partial charge in [-0.25, -0.2) is 4.39 Å². The average molecular weight is 436 g/mol. The molecule has 0 spiro atoms. The molecule has 3 rings (SSSR count). The molecule has 1 aliphatic carbocycles. The van der Waals surface area contributed by atoms with Crippen LogP contribution in [0.1, 0.15) is 18.4 Å². The minimum Gasteiger partial charge on any atom is -0.322 e. The molecule has 1 N–H and O–H groups in total. The van der Waals surface area contributed by atoms with Gasteiger partial charge >= 0.3 is 0 Å². The normalized spacial score (nSPS) is 13.9. The Morgan fingerprint density at radius 1 is 1.08 bits per heavy atom. The third-order valence-electron chi connectivity index (χ3n) is 4.09. The van der Waals surface area contributed by atoms with Gasteiger partial charge in [0, 0.05) is 12.6 Å². The SMILES string of the molecule is O=C(CN(Cc1ccc(F)cc1)C1CC1)Nc1c(Cl)c(Cl)cc(Cl)c1Cl. The molecular formula is C18H15Cl4FN2O. The maximum Gasteiger partial charge on any atom is 0.238 e. The predicted octanol–water partition coefficient (Wildman–Crippen LogP) is 6.04. The number of rotatable bonds is 6. The second-order valence-corrected chi connectivity index (χ2v) is 7.72. The summed E-state index contributed by atoms with van der Waals surface area (Å²) in [6.45, 7) is 0.703. The number of amides is 1. The first-order chi connectivity index (χ1) is 12.3. The number of halogens is 5. The molecule has 0 unspecified atom stereocenters. The van der Waals surface area contributed by atoms with Crippen LogP contribution >= 0.6 is 46.4 Å². The molecule has 0 saturated heterocycles. The molecule has 2 aromatic rings. The van der Waals surface area contributed by atoms with Gasteiger partial charge in [0.15, 0.2) is 0 Å². The Morgan fingerprint density at radius 2 is 1.65 bits per heavy atom. The van der Waals surface area contributed by atoms with Crippen LogP contribution in [0.4, 0.5) is 10.1 Å². The Hall–Kier alpha value is -1.04. The Labute approximate surface area is 171 Å². The van der Waals surface area contributed by atoms with Gasteiger partial charge in [-0.2, -0.15) is 0 Å². The van der Waals surface area contributed by atoms with Crippen LogP contribution in [0.2, 0.25) is 20.1 Å². The van der Waals surface area contributed by atoms with Crippen LogP contribution in [0.3, 0.4) is 0 Å². The van der Waals surface area contributed by atoms with E-state index < -0.39 is 0 Å². The standard InChI is InChI=1S/C18H15Cl4FN2O/c19-13-7-14(20)17(22)18(16(13)21)24-15(26)9-25(12-5-6-12)8-10-1-3-11(23)4-2-10/h1-4,7,12H,5-6,8-9H2,(H,24,26). The quantitative estimate of drug-likeness (QED) is 0.560. The molecule has 3 nitrogen and oxygen atoms in total. The summed E-state index contributed by atoms with van der Waals surface area (Å²) in [5.74, 6) is -0.562. The van der Waals surface area contributed by atoms with Gasteiger partial charge in [-0.05, 0) is 36.6 Å². The van der Waals surface area contributed by atoms with E-state index in [1.54, 1.807) is 12.1 Å². The fourth-order valence-corrected chi connectivity index (χ4v) is 3.53. The molecule has 0 aliphatic heterocycles. The van der Waals surface area contributed by atoms with Crippen molar-refractivity contribution in [2.45, 2.75) is 25.4 Å². The van der Waals surface area contributed by atoms with E-state index in [-0.39, 0.29) is 44.0 Å². The highest BCUT2D eigenvalue weighted by molar-refractivity contribution is 6.50. The number of hydrogen-bond donors (Lipinski definition) is 1. The van der Waals surface area contributed by atoms with Crippen molar-refractivity contribution < 1.29 is 9.18 Å². The number of nitrogens with one attached hydrogen (secondary N) is 1. The van der Waals surface area contributed by atoms with Crippen molar-refractivity contribution in [1.29, 1.82) is 0 Å².